The molecule has 3 rings (SSSR count). The van der Waals surface area contributed by atoms with E-state index in [0.717, 1.165) is 0 Å². The summed E-state index contributed by atoms with van der Waals surface area (Å²) < 4.78 is 25.0. The molecule has 1 unspecified atom stereocenters. The molecule has 0 bridgehead atoms. The maximum Gasteiger partial charge on any atom is 0.230 e. The Bertz CT molecular complexity index is 949. The second kappa shape index (κ2) is 7.17. The molecule has 140 valence electrons. The Morgan fingerprint density at radius 1 is 1.31 bits per heavy atom. The second-order valence-electron chi connectivity index (χ2n) is 6.41. The molecule has 1 fully saturated rings. The van der Waals surface area contributed by atoms with Crippen LogP contribution in [-0.4, -0.2) is 40.6 Å². The molecule has 1 N–H and O–H groups in total. The number of aryl methyl sites for hydroxylation is 2. The van der Waals surface area contributed by atoms with Crippen LogP contribution >= 0.6 is 23.2 Å². The van der Waals surface area contributed by atoms with Gasteiger partial charge >= 0.3 is 0 Å². The Balaban J connectivity index is 1.79. The fourth-order valence-corrected chi connectivity index (χ4v) is 5.34. The standard InChI is InChI=1S/C16H18Cl2N4O3S/c1-9-5-13(17)12(16(18)19-9)7-15(23)20-14-6-10(2)21-22(14)11-3-4-26(24,25)8-11/h5-6,11H,3-4,7-8H2,1-2H3,(H,20,23). The van der Waals surface area contributed by atoms with Crippen molar-refractivity contribution in [2.75, 3.05) is 16.8 Å². The van der Waals surface area contributed by atoms with Gasteiger partial charge in [-0.15, -0.1) is 0 Å². The zero-order valence-electron chi connectivity index (χ0n) is 14.3. The van der Waals surface area contributed by atoms with E-state index in [1.54, 1.807) is 30.7 Å². The van der Waals surface area contributed by atoms with Crippen molar-refractivity contribution in [3.05, 3.63) is 39.3 Å². The van der Waals surface area contributed by atoms with Crippen LogP contribution in [0.2, 0.25) is 10.2 Å². The number of pyridine rings is 1. The Morgan fingerprint density at radius 2 is 2.04 bits per heavy atom. The molecule has 2 aromatic rings. The molecule has 0 aliphatic carbocycles. The van der Waals surface area contributed by atoms with E-state index >= 15 is 0 Å². The molecular weight excluding hydrogens is 399 g/mol. The van der Waals surface area contributed by atoms with Gasteiger partial charge in [-0.3, -0.25) is 4.79 Å². The lowest BCUT2D eigenvalue weighted by Gasteiger charge is -2.14. The van der Waals surface area contributed by atoms with Crippen LogP contribution in [-0.2, 0) is 21.1 Å². The first-order valence-electron chi connectivity index (χ1n) is 8.02. The molecule has 3 heterocycles. The van der Waals surface area contributed by atoms with Crippen molar-refractivity contribution in [2.45, 2.75) is 32.7 Å². The van der Waals surface area contributed by atoms with E-state index in [9.17, 15) is 13.2 Å². The molecule has 1 saturated heterocycles. The van der Waals surface area contributed by atoms with Crippen LogP contribution in [0, 0.1) is 13.8 Å². The summed E-state index contributed by atoms with van der Waals surface area (Å²) in [5.74, 6) is 0.282. The van der Waals surface area contributed by atoms with E-state index in [4.69, 9.17) is 23.2 Å². The topological polar surface area (TPSA) is 94.0 Å². The number of amides is 1. The van der Waals surface area contributed by atoms with Crippen molar-refractivity contribution in [3.8, 4) is 0 Å². The number of rotatable bonds is 4. The average Bonchev–Trinajstić information content (AvgIpc) is 3.05. The van der Waals surface area contributed by atoms with Crippen LogP contribution in [0.4, 0.5) is 5.82 Å². The van der Waals surface area contributed by atoms with Gasteiger partial charge in [0, 0.05) is 22.3 Å². The molecule has 0 saturated carbocycles. The lowest BCUT2D eigenvalue weighted by atomic mass is 10.2. The van der Waals surface area contributed by atoms with Crippen molar-refractivity contribution in [3.63, 3.8) is 0 Å². The van der Waals surface area contributed by atoms with Gasteiger partial charge < -0.3 is 5.32 Å². The molecule has 26 heavy (non-hydrogen) atoms. The van der Waals surface area contributed by atoms with E-state index in [-0.39, 0.29) is 35.0 Å². The first-order valence-corrected chi connectivity index (χ1v) is 10.6. The molecule has 1 aliphatic rings. The molecular formula is C16H18Cl2N4O3S. The van der Waals surface area contributed by atoms with Crippen LogP contribution in [0.15, 0.2) is 12.1 Å². The van der Waals surface area contributed by atoms with Gasteiger partial charge in [0.05, 0.1) is 29.7 Å². The second-order valence-corrected chi connectivity index (χ2v) is 9.41. The largest absolute Gasteiger partial charge is 0.311 e. The molecule has 1 amide bonds. The smallest absolute Gasteiger partial charge is 0.230 e. The lowest BCUT2D eigenvalue weighted by Crippen LogP contribution is -2.21. The average molecular weight is 417 g/mol. The van der Waals surface area contributed by atoms with Gasteiger partial charge in [0.2, 0.25) is 5.91 Å². The summed E-state index contributed by atoms with van der Waals surface area (Å²) in [5, 5.41) is 7.68. The zero-order chi connectivity index (χ0) is 19.1. The van der Waals surface area contributed by atoms with Gasteiger partial charge in [0.25, 0.3) is 0 Å². The number of nitrogens with one attached hydrogen (secondary N) is 1. The monoisotopic (exact) mass is 416 g/mol. The highest BCUT2D eigenvalue weighted by Crippen LogP contribution is 2.28. The van der Waals surface area contributed by atoms with Crippen molar-refractivity contribution in [2.24, 2.45) is 0 Å². The predicted octanol–water partition coefficient (Wildman–Crippen LogP) is 2.74. The van der Waals surface area contributed by atoms with Gasteiger partial charge in [0.15, 0.2) is 9.84 Å². The van der Waals surface area contributed by atoms with Crippen LogP contribution in [0.3, 0.4) is 0 Å². The number of aromatic nitrogens is 3. The maximum atomic E-state index is 12.5. The third-order valence-corrected chi connectivity index (χ3v) is 6.56. The first-order chi connectivity index (χ1) is 12.1. The summed E-state index contributed by atoms with van der Waals surface area (Å²) in [6.45, 7) is 3.55. The summed E-state index contributed by atoms with van der Waals surface area (Å²) in [6.07, 6.45) is 0.435. The highest BCUT2D eigenvalue weighted by Gasteiger charge is 2.31. The highest BCUT2D eigenvalue weighted by molar-refractivity contribution is 7.91. The fraction of sp³-hybridized carbons (Fsp3) is 0.438. The molecule has 10 heteroatoms. The molecule has 0 radical (unpaired) electrons. The molecule has 0 aromatic carbocycles. The quantitative estimate of drug-likeness (QED) is 0.773. The number of anilines is 1. The maximum absolute atomic E-state index is 12.5. The minimum Gasteiger partial charge on any atom is -0.311 e. The number of nitrogens with zero attached hydrogens (tertiary/aromatic N) is 3. The van der Waals surface area contributed by atoms with Crippen molar-refractivity contribution in [1.29, 1.82) is 0 Å². The molecule has 1 aliphatic heterocycles. The third-order valence-electron chi connectivity index (χ3n) is 4.16. The van der Waals surface area contributed by atoms with Crippen LogP contribution in [0.25, 0.3) is 0 Å². The number of sulfone groups is 1. The number of carbonyl (C=O) groups is 1. The Hall–Kier alpha value is -1.64. The number of hydrogen-bond donors (Lipinski definition) is 1. The Morgan fingerprint density at radius 3 is 2.65 bits per heavy atom. The van der Waals surface area contributed by atoms with Crippen LogP contribution < -0.4 is 5.32 Å². The minimum atomic E-state index is -3.06. The van der Waals surface area contributed by atoms with Gasteiger partial charge in [-0.25, -0.2) is 18.1 Å². The highest BCUT2D eigenvalue weighted by atomic mass is 35.5. The Labute approximate surface area is 161 Å². The van der Waals surface area contributed by atoms with Crippen LogP contribution in [0.1, 0.15) is 29.4 Å². The van der Waals surface area contributed by atoms with Gasteiger partial charge in [-0.05, 0) is 26.3 Å². The normalized spacial score (nSPS) is 18.8. The predicted molar refractivity (Wildman–Crippen MR) is 101 cm³/mol. The van der Waals surface area contributed by atoms with E-state index < -0.39 is 9.84 Å². The van der Waals surface area contributed by atoms with E-state index in [2.05, 4.69) is 15.4 Å². The fourth-order valence-electron chi connectivity index (χ4n) is 2.99. The van der Waals surface area contributed by atoms with Crippen LogP contribution in [0.5, 0.6) is 0 Å². The van der Waals surface area contributed by atoms with Crippen molar-refractivity contribution < 1.29 is 13.2 Å². The first kappa shape index (κ1) is 19.1. The summed E-state index contributed by atoms with van der Waals surface area (Å²) in [4.78, 5) is 16.6. The van der Waals surface area contributed by atoms with E-state index in [0.29, 0.717) is 34.2 Å². The minimum absolute atomic E-state index is 0.0243. The molecule has 7 nitrogen and oxygen atoms in total. The van der Waals surface area contributed by atoms with E-state index in [1.807, 2.05) is 0 Å². The molecule has 1 atom stereocenters. The summed E-state index contributed by atoms with van der Waals surface area (Å²) >= 11 is 12.3. The SMILES string of the molecule is Cc1cc(Cl)c(CC(=O)Nc2cc(C)nn2C2CCS(=O)(=O)C2)c(Cl)n1. The lowest BCUT2D eigenvalue weighted by molar-refractivity contribution is -0.115. The number of carbonyl (C=O) groups excluding carboxylic acids is 1. The summed E-state index contributed by atoms with van der Waals surface area (Å²) in [5.41, 5.74) is 1.81. The van der Waals surface area contributed by atoms with Crippen molar-refractivity contribution in [1.82, 2.24) is 14.8 Å². The van der Waals surface area contributed by atoms with Gasteiger partial charge in [-0.2, -0.15) is 5.10 Å². The van der Waals surface area contributed by atoms with Gasteiger partial charge in [0.1, 0.15) is 11.0 Å². The number of hydrogen-bond acceptors (Lipinski definition) is 5. The third kappa shape index (κ3) is 4.19. The number of halogens is 2. The molecule has 0 spiro atoms. The van der Waals surface area contributed by atoms with E-state index in [1.165, 1.54) is 0 Å². The summed E-state index contributed by atoms with van der Waals surface area (Å²) in [7, 11) is -3.06. The Kier molecular flexibility index (Phi) is 5.28. The van der Waals surface area contributed by atoms with Crippen molar-refractivity contribution >= 4 is 44.8 Å². The zero-order valence-corrected chi connectivity index (χ0v) is 16.6. The summed E-state index contributed by atoms with van der Waals surface area (Å²) in [6, 6.07) is 3.07. The molecule has 2 aromatic heterocycles. The van der Waals surface area contributed by atoms with Gasteiger partial charge in [-0.1, -0.05) is 23.2 Å².